The molecule has 2 nitrogen and oxygen atoms in total. The van der Waals surface area contributed by atoms with Gasteiger partial charge in [0.2, 0.25) is 0 Å². The summed E-state index contributed by atoms with van der Waals surface area (Å²) in [5, 5.41) is 7.89. The number of para-hydroxylation sites is 2. The van der Waals surface area contributed by atoms with Crippen LogP contribution in [0, 0.1) is 0 Å². The molecule has 190 valence electrons. The van der Waals surface area contributed by atoms with Gasteiger partial charge in [-0.2, -0.15) is 0 Å². The lowest BCUT2D eigenvalue weighted by molar-refractivity contribution is 1.29. The topological polar surface area (TPSA) is 25.8 Å². The smallest absolute Gasteiger partial charge is 0.0973 e. The van der Waals surface area contributed by atoms with Gasteiger partial charge in [0.1, 0.15) is 0 Å². The molecule has 0 aliphatic heterocycles. The minimum Gasteiger partial charge on any atom is -0.244 e. The van der Waals surface area contributed by atoms with Crippen molar-refractivity contribution in [3.05, 3.63) is 133 Å². The van der Waals surface area contributed by atoms with Gasteiger partial charge in [0.25, 0.3) is 0 Å². The standard InChI is InChI=1S/C38H22N2S/c1-2-9-23(10-3-1)24-11-6-12-25(21-24)37-38(40-32-16-5-4-15-31(32)39-37)26-19-20-27-28-13-7-17-33-35(28)36-29(30(27)22-26)14-8-18-34(36)41-33/h1-22H. The Bertz CT molecular complexity index is 2420. The maximum Gasteiger partial charge on any atom is 0.0973 e. The molecule has 0 unspecified atom stereocenters. The fourth-order valence-electron chi connectivity index (χ4n) is 6.34. The van der Waals surface area contributed by atoms with Crippen LogP contribution in [0.25, 0.3) is 86.4 Å². The van der Waals surface area contributed by atoms with Crippen molar-refractivity contribution in [3.8, 4) is 33.6 Å². The highest BCUT2D eigenvalue weighted by molar-refractivity contribution is 7.26. The first kappa shape index (κ1) is 22.7. The van der Waals surface area contributed by atoms with Gasteiger partial charge in [-0.15, -0.1) is 11.3 Å². The first-order valence-corrected chi connectivity index (χ1v) is 14.7. The van der Waals surface area contributed by atoms with Crippen LogP contribution < -0.4 is 0 Å². The fourth-order valence-corrected chi connectivity index (χ4v) is 7.50. The van der Waals surface area contributed by atoms with Crippen LogP contribution in [-0.2, 0) is 0 Å². The van der Waals surface area contributed by atoms with Crippen LogP contribution >= 0.6 is 11.3 Å². The maximum atomic E-state index is 5.23. The normalized spacial score (nSPS) is 11.9. The molecule has 0 bridgehead atoms. The molecule has 0 N–H and O–H groups in total. The molecule has 0 saturated carbocycles. The SMILES string of the molecule is c1ccc(-c2cccc(-c3nc4ccccc4nc3-c3ccc4c(c3)c3cccc5sc6cccc4c6c53)c2)cc1. The van der Waals surface area contributed by atoms with Gasteiger partial charge in [-0.25, -0.2) is 9.97 Å². The minimum atomic E-state index is 0.897. The number of nitrogens with zero attached hydrogens (tertiary/aromatic N) is 2. The third-order valence-corrected chi connectivity index (χ3v) is 9.33. The second kappa shape index (κ2) is 8.69. The first-order valence-electron chi connectivity index (χ1n) is 13.8. The number of hydrogen-bond acceptors (Lipinski definition) is 3. The maximum absolute atomic E-state index is 5.23. The van der Waals surface area contributed by atoms with Crippen molar-refractivity contribution in [2.75, 3.05) is 0 Å². The summed E-state index contributed by atoms with van der Waals surface area (Å²) in [4.78, 5) is 10.4. The summed E-state index contributed by atoms with van der Waals surface area (Å²) >= 11 is 1.88. The van der Waals surface area contributed by atoms with Crippen LogP contribution in [0.15, 0.2) is 133 Å². The average molecular weight is 539 g/mol. The van der Waals surface area contributed by atoms with E-state index < -0.39 is 0 Å². The molecule has 41 heavy (non-hydrogen) atoms. The molecule has 0 atom stereocenters. The van der Waals surface area contributed by atoms with Crippen LogP contribution in [0.5, 0.6) is 0 Å². The van der Waals surface area contributed by atoms with E-state index in [2.05, 4.69) is 109 Å². The Morgan fingerprint density at radius 2 is 0.927 bits per heavy atom. The van der Waals surface area contributed by atoms with Gasteiger partial charge in [-0.3, -0.25) is 0 Å². The second-order valence-electron chi connectivity index (χ2n) is 10.6. The Labute approximate surface area is 240 Å². The quantitative estimate of drug-likeness (QED) is 0.209. The molecule has 2 aromatic heterocycles. The summed E-state index contributed by atoms with van der Waals surface area (Å²) in [6.45, 7) is 0. The minimum absolute atomic E-state index is 0.897. The third kappa shape index (κ3) is 3.43. The van der Waals surface area contributed by atoms with Crippen LogP contribution in [0.1, 0.15) is 0 Å². The number of thiophene rings is 1. The molecule has 7 aromatic carbocycles. The molecule has 0 saturated heterocycles. The zero-order chi connectivity index (χ0) is 26.9. The molecule has 0 spiro atoms. The summed E-state index contributed by atoms with van der Waals surface area (Å²) in [5.41, 5.74) is 8.08. The molecule has 9 rings (SSSR count). The van der Waals surface area contributed by atoms with Crippen molar-refractivity contribution >= 4 is 64.1 Å². The van der Waals surface area contributed by atoms with Gasteiger partial charge in [-0.1, -0.05) is 97.1 Å². The highest BCUT2D eigenvalue weighted by Crippen LogP contribution is 2.46. The van der Waals surface area contributed by atoms with Gasteiger partial charge in [0.15, 0.2) is 0 Å². The van der Waals surface area contributed by atoms with Crippen LogP contribution in [0.4, 0.5) is 0 Å². The molecule has 9 aromatic rings. The lowest BCUT2D eigenvalue weighted by atomic mass is 9.92. The molecular formula is C38H22N2S. The number of benzene rings is 7. The Kier molecular flexibility index (Phi) is 4.80. The zero-order valence-electron chi connectivity index (χ0n) is 22.0. The largest absolute Gasteiger partial charge is 0.244 e. The third-order valence-electron chi connectivity index (χ3n) is 8.21. The second-order valence-corrected chi connectivity index (χ2v) is 11.7. The van der Waals surface area contributed by atoms with Crippen molar-refractivity contribution in [1.82, 2.24) is 9.97 Å². The number of fused-ring (bicyclic) bond motifs is 4. The summed E-state index contributed by atoms with van der Waals surface area (Å²) in [5.74, 6) is 0. The predicted molar refractivity (Wildman–Crippen MR) is 175 cm³/mol. The van der Waals surface area contributed by atoms with Gasteiger partial charge >= 0.3 is 0 Å². The van der Waals surface area contributed by atoms with Crippen LogP contribution in [-0.4, -0.2) is 9.97 Å². The van der Waals surface area contributed by atoms with E-state index in [0.29, 0.717) is 0 Å². The van der Waals surface area contributed by atoms with E-state index in [4.69, 9.17) is 9.97 Å². The Hall–Kier alpha value is -5.12. The van der Waals surface area contributed by atoms with E-state index in [0.717, 1.165) is 33.5 Å². The van der Waals surface area contributed by atoms with Crippen LogP contribution in [0.2, 0.25) is 0 Å². The van der Waals surface area contributed by atoms with Gasteiger partial charge in [0, 0.05) is 31.3 Å². The number of aromatic nitrogens is 2. The summed E-state index contributed by atoms with van der Waals surface area (Å²) < 4.78 is 2.69. The zero-order valence-corrected chi connectivity index (χ0v) is 22.8. The van der Waals surface area contributed by atoms with Crippen molar-refractivity contribution in [1.29, 1.82) is 0 Å². The molecule has 2 heterocycles. The van der Waals surface area contributed by atoms with Crippen molar-refractivity contribution in [2.45, 2.75) is 0 Å². The van der Waals surface area contributed by atoms with E-state index in [-0.39, 0.29) is 0 Å². The molecule has 3 heteroatoms. The van der Waals surface area contributed by atoms with E-state index in [1.165, 1.54) is 52.8 Å². The van der Waals surface area contributed by atoms with E-state index >= 15 is 0 Å². The lowest BCUT2D eigenvalue weighted by Gasteiger charge is -2.14. The van der Waals surface area contributed by atoms with Crippen molar-refractivity contribution in [2.24, 2.45) is 0 Å². The first-order chi connectivity index (χ1) is 20.3. The van der Waals surface area contributed by atoms with E-state index in [9.17, 15) is 0 Å². The average Bonchev–Trinajstić information content (AvgIpc) is 3.44. The van der Waals surface area contributed by atoms with Gasteiger partial charge < -0.3 is 0 Å². The Morgan fingerprint density at radius 1 is 0.366 bits per heavy atom. The van der Waals surface area contributed by atoms with Crippen molar-refractivity contribution in [3.63, 3.8) is 0 Å². The number of hydrogen-bond donors (Lipinski definition) is 0. The fraction of sp³-hybridized carbons (Fsp3) is 0. The molecule has 0 fully saturated rings. The highest BCUT2D eigenvalue weighted by Gasteiger charge is 2.18. The predicted octanol–water partition coefficient (Wildman–Crippen LogP) is 10.7. The molecule has 0 aliphatic rings. The lowest BCUT2D eigenvalue weighted by Crippen LogP contribution is -1.96. The Balaban J connectivity index is 1.34. The van der Waals surface area contributed by atoms with E-state index in [1.807, 2.05) is 35.6 Å². The van der Waals surface area contributed by atoms with Gasteiger partial charge in [-0.05, 0) is 69.1 Å². The van der Waals surface area contributed by atoms with Crippen molar-refractivity contribution < 1.29 is 0 Å². The summed E-state index contributed by atoms with van der Waals surface area (Å²) in [6, 6.07) is 47.5. The summed E-state index contributed by atoms with van der Waals surface area (Å²) in [7, 11) is 0. The van der Waals surface area contributed by atoms with Gasteiger partial charge in [0.05, 0.1) is 22.4 Å². The Morgan fingerprint density at radius 3 is 1.63 bits per heavy atom. The monoisotopic (exact) mass is 538 g/mol. The number of rotatable bonds is 3. The molecule has 0 radical (unpaired) electrons. The highest BCUT2D eigenvalue weighted by atomic mass is 32.1. The van der Waals surface area contributed by atoms with E-state index in [1.54, 1.807) is 0 Å². The molecule has 0 aliphatic carbocycles. The van der Waals surface area contributed by atoms with Crippen LogP contribution in [0.3, 0.4) is 0 Å². The summed E-state index contributed by atoms with van der Waals surface area (Å²) in [6.07, 6.45) is 0. The molecular weight excluding hydrogens is 516 g/mol. The molecule has 0 amide bonds.